The van der Waals surface area contributed by atoms with Gasteiger partial charge < -0.3 is 28.8 Å². The molecule has 0 radical (unpaired) electrons. The molecule has 256 valence electrons. The number of ether oxygens (including phenoxy) is 2. The van der Waals surface area contributed by atoms with Gasteiger partial charge in [0.05, 0.1) is 24.1 Å². The number of aliphatic hydroxyl groups is 1. The number of fused-ring (bicyclic) bond motifs is 2. The SMILES string of the molecule is C=CCOC(=O)C1=C(S[C@H]2C[C@@H](C(O)c3ncn4ccsc34)N(C(=O)OCC=C)C2)[C@H](C)[C@@H]2[C@@H]([C@@H](C)O[Si](C)(C)C(C)(C)C)C(=O)N12. The smallest absolute Gasteiger partial charge is 0.410 e. The molecule has 0 saturated carbocycles. The summed E-state index contributed by atoms with van der Waals surface area (Å²) < 4.78 is 19.4. The second-order valence-corrected chi connectivity index (χ2v) is 20.9. The lowest BCUT2D eigenvalue weighted by molar-refractivity contribution is -0.163. The zero-order valence-corrected chi connectivity index (χ0v) is 30.8. The second kappa shape index (κ2) is 13.5. The maximum Gasteiger partial charge on any atom is 0.410 e. The maximum atomic E-state index is 13.8. The van der Waals surface area contributed by atoms with Crippen molar-refractivity contribution in [2.45, 2.75) is 88.7 Å². The summed E-state index contributed by atoms with van der Waals surface area (Å²) in [4.78, 5) is 49.7. The Morgan fingerprint density at radius 2 is 1.91 bits per heavy atom. The molecule has 1 N–H and O–H groups in total. The summed E-state index contributed by atoms with van der Waals surface area (Å²) in [6, 6.07) is -0.881. The van der Waals surface area contributed by atoms with E-state index in [1.807, 2.05) is 29.8 Å². The fourth-order valence-corrected chi connectivity index (χ4v) is 10.3. The molecule has 3 aliphatic rings. The fourth-order valence-electron chi connectivity index (χ4n) is 6.52. The molecule has 2 fully saturated rings. The average molecular weight is 703 g/mol. The second-order valence-electron chi connectivity index (χ2n) is 13.9. The zero-order valence-electron chi connectivity index (χ0n) is 28.2. The quantitative estimate of drug-likeness (QED) is 0.127. The number of carbonyl (C=O) groups is 3. The molecule has 14 heteroatoms. The summed E-state index contributed by atoms with van der Waals surface area (Å²) in [6.07, 6.45) is 4.96. The molecular formula is C33H46N4O7S2Si. The van der Waals surface area contributed by atoms with Gasteiger partial charge in [0.1, 0.15) is 41.9 Å². The summed E-state index contributed by atoms with van der Waals surface area (Å²) in [6.45, 7) is 22.4. The molecule has 47 heavy (non-hydrogen) atoms. The molecule has 7 atom stereocenters. The van der Waals surface area contributed by atoms with Gasteiger partial charge in [-0.25, -0.2) is 14.6 Å². The zero-order chi connectivity index (χ0) is 34.4. The van der Waals surface area contributed by atoms with E-state index >= 15 is 0 Å². The van der Waals surface area contributed by atoms with Gasteiger partial charge in [-0.2, -0.15) is 0 Å². The van der Waals surface area contributed by atoms with E-state index in [2.05, 4.69) is 52.0 Å². The number of carbonyl (C=O) groups excluding carboxylic acids is 3. The van der Waals surface area contributed by atoms with Gasteiger partial charge >= 0.3 is 12.1 Å². The van der Waals surface area contributed by atoms with Crippen LogP contribution >= 0.6 is 23.1 Å². The highest BCUT2D eigenvalue weighted by molar-refractivity contribution is 8.03. The number of hydrogen-bond acceptors (Lipinski definition) is 10. The monoisotopic (exact) mass is 702 g/mol. The van der Waals surface area contributed by atoms with Crippen molar-refractivity contribution < 1.29 is 33.4 Å². The number of hydrogen-bond donors (Lipinski definition) is 1. The van der Waals surface area contributed by atoms with Gasteiger partial charge in [-0.05, 0) is 31.5 Å². The first kappa shape index (κ1) is 35.4. The minimum atomic E-state index is -2.17. The molecular weight excluding hydrogens is 657 g/mol. The molecule has 3 aliphatic heterocycles. The summed E-state index contributed by atoms with van der Waals surface area (Å²) in [7, 11) is -2.17. The maximum absolute atomic E-state index is 13.8. The summed E-state index contributed by atoms with van der Waals surface area (Å²) >= 11 is 2.92. The number of thiazole rings is 1. The number of esters is 1. The highest BCUT2D eigenvalue weighted by Gasteiger charge is 2.61. The van der Waals surface area contributed by atoms with Gasteiger partial charge in [0, 0.05) is 34.2 Å². The van der Waals surface area contributed by atoms with E-state index in [1.165, 1.54) is 35.3 Å². The first-order valence-corrected chi connectivity index (χ1v) is 20.6. The highest BCUT2D eigenvalue weighted by atomic mass is 32.2. The largest absolute Gasteiger partial charge is 0.457 e. The number of amides is 2. The minimum Gasteiger partial charge on any atom is -0.457 e. The van der Waals surface area contributed by atoms with E-state index in [4.69, 9.17) is 13.9 Å². The van der Waals surface area contributed by atoms with Crippen LogP contribution in [0.3, 0.4) is 0 Å². The Labute approximate surface area is 285 Å². The minimum absolute atomic E-state index is 0.0120. The lowest BCUT2D eigenvalue weighted by Gasteiger charge is -2.50. The number of aromatic nitrogens is 2. The predicted molar refractivity (Wildman–Crippen MR) is 185 cm³/mol. The van der Waals surface area contributed by atoms with Crippen LogP contribution in [0, 0.1) is 11.8 Å². The number of thioether (sulfide) groups is 1. The Kier molecular flexibility index (Phi) is 10.2. The van der Waals surface area contributed by atoms with E-state index < -0.39 is 38.4 Å². The van der Waals surface area contributed by atoms with Crippen molar-refractivity contribution >= 4 is 54.2 Å². The summed E-state index contributed by atoms with van der Waals surface area (Å²) in [5.74, 6) is -1.31. The van der Waals surface area contributed by atoms with Crippen LogP contribution in [0.1, 0.15) is 52.8 Å². The standard InChI is InChI=1S/C33H46N4O7S2Si/c1-10-13-42-31(40)26-28(19(3)25-23(29(39)37(25)26)20(4)44-47(8,9)33(5,6)7)46-21-16-22(36(17-21)32(41)43-14-11-2)27(38)24-30-35(18-34-24)12-15-45-30/h10-12,15,18-23,25,27,38H,1-2,13-14,16-17H2,3-9H3/t19-,20-,21+,22+,23-,25-,27?/m1/s1. The molecule has 5 heterocycles. The van der Waals surface area contributed by atoms with Crippen molar-refractivity contribution in [2.75, 3.05) is 19.8 Å². The number of nitrogens with zero attached hydrogens (tertiary/aromatic N) is 4. The van der Waals surface area contributed by atoms with Gasteiger partial charge in [0.15, 0.2) is 8.32 Å². The van der Waals surface area contributed by atoms with Crippen LogP contribution in [-0.4, -0.2) is 93.8 Å². The third-order valence-corrected chi connectivity index (χ3v) is 16.9. The van der Waals surface area contributed by atoms with E-state index in [1.54, 1.807) is 16.1 Å². The van der Waals surface area contributed by atoms with Crippen molar-refractivity contribution in [3.05, 3.63) is 59.5 Å². The number of rotatable bonds is 12. The van der Waals surface area contributed by atoms with E-state index in [9.17, 15) is 19.5 Å². The van der Waals surface area contributed by atoms with Crippen LogP contribution in [0.4, 0.5) is 4.79 Å². The van der Waals surface area contributed by atoms with Crippen LogP contribution in [0.25, 0.3) is 4.83 Å². The molecule has 0 spiro atoms. The normalized spacial score (nSPS) is 25.9. The van der Waals surface area contributed by atoms with Gasteiger partial charge in [-0.1, -0.05) is 53.0 Å². The van der Waals surface area contributed by atoms with Gasteiger partial charge in [-0.3, -0.25) is 9.20 Å². The van der Waals surface area contributed by atoms with Crippen LogP contribution in [0.5, 0.6) is 0 Å². The molecule has 0 bridgehead atoms. The van der Waals surface area contributed by atoms with Gasteiger partial charge in [0.25, 0.3) is 0 Å². The third kappa shape index (κ3) is 6.46. The molecule has 2 aromatic rings. The predicted octanol–water partition coefficient (Wildman–Crippen LogP) is 5.76. The Bertz CT molecular complexity index is 1580. The molecule has 2 amide bonds. The summed E-state index contributed by atoms with van der Waals surface area (Å²) in [5.41, 5.74) is 0.738. The molecule has 2 saturated heterocycles. The third-order valence-electron chi connectivity index (χ3n) is 9.89. The van der Waals surface area contributed by atoms with Gasteiger partial charge in [0.2, 0.25) is 5.91 Å². The van der Waals surface area contributed by atoms with Crippen molar-refractivity contribution in [3.63, 3.8) is 0 Å². The van der Waals surface area contributed by atoms with Crippen LogP contribution in [0.2, 0.25) is 18.1 Å². The van der Waals surface area contributed by atoms with Crippen LogP contribution < -0.4 is 0 Å². The molecule has 0 aliphatic carbocycles. The average Bonchev–Trinajstić information content (AvgIpc) is 3.77. The van der Waals surface area contributed by atoms with Crippen molar-refractivity contribution in [1.82, 2.24) is 19.2 Å². The van der Waals surface area contributed by atoms with Gasteiger partial charge in [-0.15, -0.1) is 23.1 Å². The van der Waals surface area contributed by atoms with E-state index in [0.29, 0.717) is 12.1 Å². The van der Waals surface area contributed by atoms with E-state index in [0.717, 1.165) is 9.74 Å². The van der Waals surface area contributed by atoms with Crippen molar-refractivity contribution in [3.8, 4) is 0 Å². The number of β-lactam (4-membered cyclic amide) rings is 1. The lowest BCUT2D eigenvalue weighted by atomic mass is 9.79. The Morgan fingerprint density at radius 1 is 1.23 bits per heavy atom. The Balaban J connectivity index is 1.42. The number of aliphatic hydroxyl groups excluding tert-OH is 1. The topological polar surface area (TPSA) is 123 Å². The fraction of sp³-hybridized carbons (Fsp3) is 0.576. The first-order chi connectivity index (χ1) is 22.1. The molecule has 2 aromatic heterocycles. The van der Waals surface area contributed by atoms with Crippen LogP contribution in [-0.2, 0) is 23.5 Å². The Morgan fingerprint density at radius 3 is 2.57 bits per heavy atom. The molecule has 11 nitrogen and oxygen atoms in total. The molecule has 0 aromatic carbocycles. The molecule has 1 unspecified atom stereocenters. The number of imidazole rings is 1. The van der Waals surface area contributed by atoms with Crippen molar-refractivity contribution in [1.29, 1.82) is 0 Å². The van der Waals surface area contributed by atoms with Crippen molar-refractivity contribution in [2.24, 2.45) is 11.8 Å². The molecule has 5 rings (SSSR count). The van der Waals surface area contributed by atoms with Crippen LogP contribution in [0.15, 0.2) is 53.8 Å². The summed E-state index contributed by atoms with van der Waals surface area (Å²) in [5, 5.41) is 13.3. The Hall–Kier alpha value is -2.91. The lowest BCUT2D eigenvalue weighted by Crippen LogP contribution is -2.65. The highest BCUT2D eigenvalue weighted by Crippen LogP contribution is 2.54. The number of likely N-dealkylation sites (tertiary alicyclic amines) is 1. The first-order valence-electron chi connectivity index (χ1n) is 15.9. The van der Waals surface area contributed by atoms with E-state index in [-0.39, 0.29) is 59.7 Å².